The monoisotopic (exact) mass is 272 g/mol. The van der Waals surface area contributed by atoms with E-state index in [1.54, 1.807) is 0 Å². The second kappa shape index (κ2) is 6.03. The average Bonchev–Trinajstić information content (AvgIpc) is 2.76. The van der Waals surface area contributed by atoms with Crippen LogP contribution in [0.25, 0.3) is 0 Å². The highest BCUT2D eigenvalue weighted by atomic mass is 16.4. The van der Waals surface area contributed by atoms with Crippen LogP contribution < -0.4 is 16.8 Å². The summed E-state index contributed by atoms with van der Waals surface area (Å²) in [6.45, 7) is 0.308. The summed E-state index contributed by atoms with van der Waals surface area (Å²) in [6, 6.07) is -2.91. The number of rotatable bonds is 5. The number of carbonyl (C=O) groups excluding carboxylic acids is 3. The van der Waals surface area contributed by atoms with Crippen LogP contribution in [0.5, 0.6) is 0 Å². The van der Waals surface area contributed by atoms with Gasteiger partial charge in [0.05, 0.1) is 6.42 Å². The molecule has 1 saturated heterocycles. The minimum atomic E-state index is -1.42. The van der Waals surface area contributed by atoms with Gasteiger partial charge in [-0.3, -0.25) is 9.59 Å². The van der Waals surface area contributed by atoms with Crippen molar-refractivity contribution >= 4 is 23.8 Å². The second-order valence-corrected chi connectivity index (χ2v) is 4.26. The first kappa shape index (κ1) is 14.7. The van der Waals surface area contributed by atoms with E-state index < -0.39 is 42.3 Å². The van der Waals surface area contributed by atoms with Crippen LogP contribution in [0.15, 0.2) is 0 Å². The van der Waals surface area contributed by atoms with E-state index in [2.05, 4.69) is 5.32 Å². The van der Waals surface area contributed by atoms with Crippen LogP contribution in [0.1, 0.15) is 19.3 Å². The molecule has 0 bridgehead atoms. The van der Waals surface area contributed by atoms with Gasteiger partial charge in [-0.1, -0.05) is 0 Å². The van der Waals surface area contributed by atoms with Crippen molar-refractivity contribution < 1.29 is 24.3 Å². The molecule has 0 aromatic carbocycles. The van der Waals surface area contributed by atoms with Gasteiger partial charge in [-0.2, -0.15) is 0 Å². The van der Waals surface area contributed by atoms with E-state index in [-0.39, 0.29) is 0 Å². The quantitative estimate of drug-likeness (QED) is 0.454. The Labute approximate surface area is 108 Å². The first-order valence-corrected chi connectivity index (χ1v) is 5.70. The lowest BCUT2D eigenvalue weighted by molar-refractivity contribution is -0.140. The van der Waals surface area contributed by atoms with Gasteiger partial charge >= 0.3 is 12.0 Å². The summed E-state index contributed by atoms with van der Waals surface area (Å²) in [5.41, 5.74) is 10.0. The minimum absolute atomic E-state index is 0.308. The number of nitrogens with two attached hydrogens (primary N) is 2. The molecule has 1 fully saturated rings. The lowest BCUT2D eigenvalue weighted by Gasteiger charge is -2.24. The molecule has 0 spiro atoms. The van der Waals surface area contributed by atoms with E-state index >= 15 is 0 Å². The number of nitrogens with zero attached hydrogens (tertiary/aromatic N) is 1. The van der Waals surface area contributed by atoms with Crippen molar-refractivity contribution in [2.24, 2.45) is 11.5 Å². The van der Waals surface area contributed by atoms with E-state index in [0.29, 0.717) is 19.4 Å². The highest BCUT2D eigenvalue weighted by molar-refractivity contribution is 5.90. The predicted octanol–water partition coefficient (Wildman–Crippen LogP) is -2.03. The summed E-state index contributed by atoms with van der Waals surface area (Å²) in [5.74, 6) is -2.86. The van der Waals surface area contributed by atoms with E-state index in [0.717, 1.165) is 0 Å². The van der Waals surface area contributed by atoms with Crippen LogP contribution in [0.4, 0.5) is 4.79 Å². The van der Waals surface area contributed by atoms with Gasteiger partial charge in [-0.05, 0) is 12.8 Å². The standard InChI is InChI=1S/C10H16N4O5/c11-7(15)4-5(9(17)18)13-10(19)14-3-1-2-6(14)8(12)16/h5-6H,1-4H2,(H2,11,15)(H2,12,16)(H,13,19)(H,17,18)/t5-,6?/m1/s1. The number of carboxylic acids is 1. The first-order chi connectivity index (χ1) is 8.82. The van der Waals surface area contributed by atoms with E-state index in [1.165, 1.54) is 4.90 Å². The fourth-order valence-electron chi connectivity index (χ4n) is 1.94. The third-order valence-electron chi connectivity index (χ3n) is 2.84. The maximum Gasteiger partial charge on any atom is 0.326 e. The summed E-state index contributed by atoms with van der Waals surface area (Å²) >= 11 is 0. The second-order valence-electron chi connectivity index (χ2n) is 4.26. The highest BCUT2D eigenvalue weighted by Crippen LogP contribution is 2.16. The number of urea groups is 1. The molecule has 106 valence electrons. The van der Waals surface area contributed by atoms with E-state index in [1.807, 2.05) is 0 Å². The smallest absolute Gasteiger partial charge is 0.326 e. The van der Waals surface area contributed by atoms with Crippen LogP contribution in [-0.2, 0) is 14.4 Å². The molecule has 2 atom stereocenters. The number of aliphatic carboxylic acids is 1. The van der Waals surface area contributed by atoms with Gasteiger partial charge in [0, 0.05) is 6.54 Å². The van der Waals surface area contributed by atoms with Crippen molar-refractivity contribution in [1.82, 2.24) is 10.2 Å². The van der Waals surface area contributed by atoms with Crippen LogP contribution in [-0.4, -0.2) is 52.4 Å². The van der Waals surface area contributed by atoms with Gasteiger partial charge < -0.3 is 26.8 Å². The Bertz CT molecular complexity index is 411. The van der Waals surface area contributed by atoms with E-state index in [9.17, 15) is 19.2 Å². The summed E-state index contributed by atoms with van der Waals surface area (Å²) < 4.78 is 0. The Morgan fingerprint density at radius 2 is 1.95 bits per heavy atom. The van der Waals surface area contributed by atoms with Gasteiger partial charge in [0.1, 0.15) is 12.1 Å². The van der Waals surface area contributed by atoms with Gasteiger partial charge in [0.25, 0.3) is 0 Å². The Morgan fingerprint density at radius 3 is 2.42 bits per heavy atom. The number of carbonyl (C=O) groups is 4. The number of nitrogens with one attached hydrogen (secondary N) is 1. The number of hydrogen-bond acceptors (Lipinski definition) is 4. The maximum atomic E-state index is 11.8. The molecule has 9 nitrogen and oxygen atoms in total. The van der Waals surface area contributed by atoms with Crippen molar-refractivity contribution in [2.45, 2.75) is 31.3 Å². The molecular formula is C10H16N4O5. The maximum absolute atomic E-state index is 11.8. The molecule has 0 aromatic heterocycles. The zero-order valence-electron chi connectivity index (χ0n) is 10.2. The summed E-state index contributed by atoms with van der Waals surface area (Å²) in [5, 5.41) is 11.0. The third kappa shape index (κ3) is 3.83. The van der Waals surface area contributed by atoms with Crippen LogP contribution in [0.3, 0.4) is 0 Å². The zero-order chi connectivity index (χ0) is 14.6. The molecule has 19 heavy (non-hydrogen) atoms. The summed E-state index contributed by atoms with van der Waals surface area (Å²) in [6.07, 6.45) is 0.529. The number of carboxylic acid groups (broad SMARTS) is 1. The Balaban J connectivity index is 2.68. The van der Waals surface area contributed by atoms with Gasteiger partial charge in [0.2, 0.25) is 11.8 Å². The molecule has 0 aromatic rings. The summed E-state index contributed by atoms with van der Waals surface area (Å²) in [4.78, 5) is 45.7. The van der Waals surface area contributed by atoms with Crippen molar-refractivity contribution in [1.29, 1.82) is 0 Å². The molecular weight excluding hydrogens is 256 g/mol. The normalized spacial score (nSPS) is 19.8. The predicted molar refractivity (Wildman–Crippen MR) is 62.7 cm³/mol. The molecule has 6 N–H and O–H groups in total. The molecule has 1 rings (SSSR count). The van der Waals surface area contributed by atoms with Gasteiger partial charge in [0.15, 0.2) is 0 Å². The largest absolute Gasteiger partial charge is 0.480 e. The number of primary amides is 2. The average molecular weight is 272 g/mol. The van der Waals surface area contributed by atoms with Crippen LogP contribution >= 0.6 is 0 Å². The van der Waals surface area contributed by atoms with Crippen LogP contribution in [0, 0.1) is 0 Å². The Morgan fingerprint density at radius 1 is 1.32 bits per heavy atom. The molecule has 0 aliphatic carbocycles. The molecule has 0 saturated carbocycles. The molecule has 1 heterocycles. The topological polar surface area (TPSA) is 156 Å². The molecule has 1 aliphatic rings. The zero-order valence-corrected chi connectivity index (χ0v) is 10.2. The number of likely N-dealkylation sites (tertiary alicyclic amines) is 1. The third-order valence-corrected chi connectivity index (χ3v) is 2.84. The highest BCUT2D eigenvalue weighted by Gasteiger charge is 2.34. The van der Waals surface area contributed by atoms with Gasteiger partial charge in [-0.25, -0.2) is 9.59 Å². The number of amides is 4. The fraction of sp³-hybridized carbons (Fsp3) is 0.600. The van der Waals surface area contributed by atoms with Crippen molar-refractivity contribution in [2.75, 3.05) is 6.54 Å². The molecule has 4 amide bonds. The summed E-state index contributed by atoms with van der Waals surface area (Å²) in [7, 11) is 0. The molecule has 0 radical (unpaired) electrons. The minimum Gasteiger partial charge on any atom is -0.480 e. The lowest BCUT2D eigenvalue weighted by atomic mass is 10.2. The fourth-order valence-corrected chi connectivity index (χ4v) is 1.94. The number of hydrogen-bond donors (Lipinski definition) is 4. The van der Waals surface area contributed by atoms with Crippen LogP contribution in [0.2, 0.25) is 0 Å². The SMILES string of the molecule is NC(=O)C[C@@H](NC(=O)N1CCCC1C(N)=O)C(=O)O. The molecule has 1 unspecified atom stereocenters. The molecule has 1 aliphatic heterocycles. The van der Waals surface area contributed by atoms with Gasteiger partial charge in [-0.15, -0.1) is 0 Å². The first-order valence-electron chi connectivity index (χ1n) is 5.70. The van der Waals surface area contributed by atoms with E-state index in [4.69, 9.17) is 16.6 Å². The Kier molecular flexibility index (Phi) is 4.67. The van der Waals surface area contributed by atoms with Crippen molar-refractivity contribution in [3.05, 3.63) is 0 Å². The van der Waals surface area contributed by atoms with Crippen molar-refractivity contribution in [3.8, 4) is 0 Å². The lowest BCUT2D eigenvalue weighted by Crippen LogP contribution is -2.53. The Hall–Kier alpha value is -2.32. The van der Waals surface area contributed by atoms with Crippen molar-refractivity contribution in [3.63, 3.8) is 0 Å². The molecule has 9 heteroatoms.